The Morgan fingerprint density at radius 3 is 2.67 bits per heavy atom. The Balaban J connectivity index is 2.35. The zero-order valence-electron chi connectivity index (χ0n) is 9.64. The summed E-state index contributed by atoms with van der Waals surface area (Å²) in [5.74, 6) is 0. The smallest absolute Gasteiger partial charge is 0.244 e. The number of piperidine rings is 1. The molecule has 2 rings (SSSR count). The highest BCUT2D eigenvalue weighted by Crippen LogP contribution is 2.29. The van der Waals surface area contributed by atoms with Gasteiger partial charge >= 0.3 is 0 Å². The molecular weight excluding hydrogens is 384 g/mol. The first-order chi connectivity index (χ1) is 8.41. The number of sulfonamides is 1. The average molecular weight is 398 g/mol. The van der Waals surface area contributed by atoms with Crippen molar-refractivity contribution in [3.63, 3.8) is 0 Å². The fourth-order valence-corrected chi connectivity index (χ4v) is 5.26. The zero-order chi connectivity index (χ0) is 13.3. The number of hydrogen-bond acceptors (Lipinski definition) is 3. The van der Waals surface area contributed by atoms with E-state index in [0.717, 1.165) is 17.3 Å². The molecule has 1 saturated heterocycles. The predicted octanol–water partition coefficient (Wildman–Crippen LogP) is 2.32. The van der Waals surface area contributed by atoms with Crippen molar-refractivity contribution in [1.29, 1.82) is 0 Å². The van der Waals surface area contributed by atoms with Gasteiger partial charge in [0.25, 0.3) is 0 Å². The third-order valence-corrected chi connectivity index (χ3v) is 6.27. The lowest BCUT2D eigenvalue weighted by Gasteiger charge is -2.30. The molecule has 100 valence electrons. The maximum absolute atomic E-state index is 12.5. The third-order valence-electron chi connectivity index (χ3n) is 2.93. The van der Waals surface area contributed by atoms with Crippen LogP contribution in [0.25, 0.3) is 0 Å². The zero-order valence-corrected chi connectivity index (χ0v) is 13.6. The maximum Gasteiger partial charge on any atom is 0.244 e. The van der Waals surface area contributed by atoms with Crippen LogP contribution >= 0.6 is 31.9 Å². The van der Waals surface area contributed by atoms with Gasteiger partial charge in [-0.1, -0.05) is 15.9 Å². The van der Waals surface area contributed by atoms with E-state index in [0.29, 0.717) is 22.5 Å². The summed E-state index contributed by atoms with van der Waals surface area (Å²) in [7, 11) is -3.46. The SMILES string of the molecule is N[C@@H]1CCCN(S(=O)(=O)c2ccc(Br)cc2Br)C1. The number of nitrogens with zero attached hydrogens (tertiary/aromatic N) is 1. The van der Waals surface area contributed by atoms with E-state index in [9.17, 15) is 8.42 Å². The molecule has 0 aromatic heterocycles. The topological polar surface area (TPSA) is 63.4 Å². The molecule has 0 saturated carbocycles. The van der Waals surface area contributed by atoms with Gasteiger partial charge in [-0.2, -0.15) is 4.31 Å². The Labute approximate surface area is 124 Å². The molecule has 0 unspecified atom stereocenters. The first kappa shape index (κ1) is 14.5. The van der Waals surface area contributed by atoms with Crippen molar-refractivity contribution in [2.75, 3.05) is 13.1 Å². The molecule has 0 amide bonds. The number of nitrogens with two attached hydrogens (primary N) is 1. The van der Waals surface area contributed by atoms with Crippen LogP contribution in [0.2, 0.25) is 0 Å². The van der Waals surface area contributed by atoms with Gasteiger partial charge in [-0.25, -0.2) is 8.42 Å². The Morgan fingerprint density at radius 2 is 2.06 bits per heavy atom. The van der Waals surface area contributed by atoms with Crippen LogP contribution in [-0.2, 0) is 10.0 Å². The van der Waals surface area contributed by atoms with E-state index in [2.05, 4.69) is 31.9 Å². The van der Waals surface area contributed by atoms with Gasteiger partial charge in [0.15, 0.2) is 0 Å². The standard InChI is InChI=1S/C11H14Br2N2O2S/c12-8-3-4-11(10(13)6-8)18(16,17)15-5-1-2-9(14)7-15/h3-4,6,9H,1-2,5,7,14H2/t9-/m1/s1. The number of benzene rings is 1. The normalized spacial score (nSPS) is 22.1. The lowest BCUT2D eigenvalue weighted by atomic mass is 10.1. The van der Waals surface area contributed by atoms with Crippen molar-refractivity contribution in [1.82, 2.24) is 4.31 Å². The van der Waals surface area contributed by atoms with Crippen molar-refractivity contribution in [3.8, 4) is 0 Å². The van der Waals surface area contributed by atoms with Gasteiger partial charge in [-0.05, 0) is 47.0 Å². The summed E-state index contributed by atoms with van der Waals surface area (Å²) in [5.41, 5.74) is 5.84. The molecule has 7 heteroatoms. The average Bonchev–Trinajstić information content (AvgIpc) is 2.28. The van der Waals surface area contributed by atoms with Gasteiger partial charge in [-0.15, -0.1) is 0 Å². The molecule has 1 aromatic rings. The Kier molecular flexibility index (Phi) is 4.48. The van der Waals surface area contributed by atoms with Crippen LogP contribution in [0.1, 0.15) is 12.8 Å². The van der Waals surface area contributed by atoms with Gasteiger partial charge in [0.1, 0.15) is 0 Å². The highest BCUT2D eigenvalue weighted by Gasteiger charge is 2.30. The first-order valence-corrected chi connectivity index (χ1v) is 8.64. The Morgan fingerprint density at radius 1 is 1.33 bits per heavy atom. The van der Waals surface area contributed by atoms with E-state index in [4.69, 9.17) is 5.73 Å². The minimum Gasteiger partial charge on any atom is -0.327 e. The molecule has 4 nitrogen and oxygen atoms in total. The highest BCUT2D eigenvalue weighted by molar-refractivity contribution is 9.11. The predicted molar refractivity (Wildman–Crippen MR) is 77.8 cm³/mol. The molecule has 0 bridgehead atoms. The van der Waals surface area contributed by atoms with E-state index >= 15 is 0 Å². The van der Waals surface area contributed by atoms with Crippen molar-refractivity contribution in [2.45, 2.75) is 23.8 Å². The van der Waals surface area contributed by atoms with E-state index in [1.54, 1.807) is 18.2 Å². The van der Waals surface area contributed by atoms with Gasteiger partial charge in [0.05, 0.1) is 4.90 Å². The second kappa shape index (κ2) is 5.58. The lowest BCUT2D eigenvalue weighted by molar-refractivity contribution is 0.316. The van der Waals surface area contributed by atoms with Gasteiger partial charge in [0, 0.05) is 28.1 Å². The van der Waals surface area contributed by atoms with Gasteiger partial charge in [-0.3, -0.25) is 0 Å². The quantitative estimate of drug-likeness (QED) is 0.832. The molecule has 0 aliphatic carbocycles. The van der Waals surface area contributed by atoms with Crippen molar-refractivity contribution in [2.24, 2.45) is 5.73 Å². The monoisotopic (exact) mass is 396 g/mol. The van der Waals surface area contributed by atoms with E-state index in [1.807, 2.05) is 0 Å². The van der Waals surface area contributed by atoms with Crippen LogP contribution in [-0.4, -0.2) is 31.9 Å². The molecule has 0 spiro atoms. The lowest BCUT2D eigenvalue weighted by Crippen LogP contribution is -2.45. The summed E-state index contributed by atoms with van der Waals surface area (Å²) < 4.78 is 27.8. The van der Waals surface area contributed by atoms with Crippen LogP contribution in [0.3, 0.4) is 0 Å². The fourth-order valence-electron chi connectivity index (χ4n) is 2.02. The highest BCUT2D eigenvalue weighted by atomic mass is 79.9. The van der Waals surface area contributed by atoms with Crippen molar-refractivity contribution < 1.29 is 8.42 Å². The first-order valence-electron chi connectivity index (χ1n) is 5.62. The molecule has 1 atom stereocenters. The molecule has 1 heterocycles. The fraction of sp³-hybridized carbons (Fsp3) is 0.455. The third kappa shape index (κ3) is 2.96. The van der Waals surface area contributed by atoms with E-state index < -0.39 is 10.0 Å². The maximum atomic E-state index is 12.5. The molecule has 1 aromatic carbocycles. The molecule has 2 N–H and O–H groups in total. The Hall–Kier alpha value is 0.0500. The second-order valence-electron chi connectivity index (χ2n) is 4.34. The molecule has 1 aliphatic rings. The molecule has 1 aliphatic heterocycles. The van der Waals surface area contributed by atoms with Crippen LogP contribution in [0.5, 0.6) is 0 Å². The minimum absolute atomic E-state index is 0.0669. The van der Waals surface area contributed by atoms with Crippen LogP contribution < -0.4 is 5.73 Å². The van der Waals surface area contributed by atoms with E-state index in [-0.39, 0.29) is 6.04 Å². The summed E-state index contributed by atoms with van der Waals surface area (Å²) in [6, 6.07) is 4.99. The summed E-state index contributed by atoms with van der Waals surface area (Å²) in [5, 5.41) is 0. The summed E-state index contributed by atoms with van der Waals surface area (Å²) >= 11 is 6.61. The molecule has 0 radical (unpaired) electrons. The van der Waals surface area contributed by atoms with Crippen LogP contribution in [0, 0.1) is 0 Å². The molecule has 18 heavy (non-hydrogen) atoms. The second-order valence-corrected chi connectivity index (χ2v) is 8.02. The van der Waals surface area contributed by atoms with Gasteiger partial charge < -0.3 is 5.73 Å². The Bertz CT molecular complexity index is 548. The van der Waals surface area contributed by atoms with Crippen LogP contribution in [0.15, 0.2) is 32.0 Å². The largest absolute Gasteiger partial charge is 0.327 e. The number of hydrogen-bond donors (Lipinski definition) is 1. The molecule has 1 fully saturated rings. The summed E-state index contributed by atoms with van der Waals surface area (Å²) in [6.45, 7) is 0.934. The van der Waals surface area contributed by atoms with Crippen LogP contribution in [0.4, 0.5) is 0 Å². The van der Waals surface area contributed by atoms with Crippen molar-refractivity contribution >= 4 is 41.9 Å². The van der Waals surface area contributed by atoms with E-state index in [1.165, 1.54) is 4.31 Å². The van der Waals surface area contributed by atoms with Gasteiger partial charge in [0.2, 0.25) is 10.0 Å². The summed E-state index contributed by atoms with van der Waals surface area (Å²) in [4.78, 5) is 0.291. The number of halogens is 2. The number of rotatable bonds is 2. The van der Waals surface area contributed by atoms with Crippen molar-refractivity contribution in [3.05, 3.63) is 27.1 Å². The molecular formula is C11H14Br2N2O2S. The summed E-state index contributed by atoms with van der Waals surface area (Å²) in [6.07, 6.45) is 1.70. The minimum atomic E-state index is -3.46.